The molecule has 0 saturated heterocycles. The van der Waals surface area contributed by atoms with E-state index in [2.05, 4.69) is 5.10 Å². The Bertz CT molecular complexity index is 462. The van der Waals surface area contributed by atoms with Crippen molar-refractivity contribution >= 4 is 5.69 Å². The van der Waals surface area contributed by atoms with Crippen LogP contribution in [0.25, 0.3) is 5.69 Å². The van der Waals surface area contributed by atoms with E-state index in [9.17, 15) is 5.11 Å². The van der Waals surface area contributed by atoms with E-state index >= 15 is 0 Å². The van der Waals surface area contributed by atoms with Crippen LogP contribution in [0.5, 0.6) is 5.75 Å². The van der Waals surface area contributed by atoms with E-state index in [1.54, 1.807) is 29.1 Å². The van der Waals surface area contributed by atoms with Gasteiger partial charge < -0.3 is 10.8 Å². The second-order valence-corrected chi connectivity index (χ2v) is 3.13. The summed E-state index contributed by atoms with van der Waals surface area (Å²) in [5.74, 6) is 0.0959. The SMILES string of the molecule is Cc1ccnn1-c1ccc(O)c(N)c1. The number of nitrogen functional groups attached to an aromatic ring is 1. The fraction of sp³-hybridized carbons (Fsp3) is 0.100. The predicted octanol–water partition coefficient (Wildman–Crippen LogP) is 1.47. The Morgan fingerprint density at radius 3 is 2.71 bits per heavy atom. The molecule has 4 nitrogen and oxygen atoms in total. The highest BCUT2D eigenvalue weighted by atomic mass is 16.3. The molecule has 0 aliphatic rings. The second-order valence-electron chi connectivity index (χ2n) is 3.13. The number of hydrogen-bond acceptors (Lipinski definition) is 3. The average molecular weight is 189 g/mol. The van der Waals surface area contributed by atoms with Crippen LogP contribution >= 0.6 is 0 Å². The molecule has 72 valence electrons. The molecule has 1 heterocycles. The Hall–Kier alpha value is -1.97. The standard InChI is InChI=1S/C10H11N3O/c1-7-4-5-12-13(7)8-2-3-10(14)9(11)6-8/h2-6,14H,11H2,1H3. The van der Waals surface area contributed by atoms with E-state index in [0.29, 0.717) is 5.69 Å². The number of anilines is 1. The molecule has 4 heteroatoms. The molecular weight excluding hydrogens is 178 g/mol. The van der Waals surface area contributed by atoms with Crippen LogP contribution in [0, 0.1) is 6.92 Å². The number of aryl methyl sites for hydroxylation is 1. The molecule has 1 aromatic carbocycles. The van der Waals surface area contributed by atoms with Crippen molar-refractivity contribution in [2.24, 2.45) is 0 Å². The minimum Gasteiger partial charge on any atom is -0.506 e. The van der Waals surface area contributed by atoms with E-state index in [-0.39, 0.29) is 5.75 Å². The van der Waals surface area contributed by atoms with Crippen LogP contribution in [0.15, 0.2) is 30.5 Å². The van der Waals surface area contributed by atoms with E-state index in [1.165, 1.54) is 0 Å². The highest BCUT2D eigenvalue weighted by Crippen LogP contribution is 2.22. The molecule has 0 aliphatic carbocycles. The van der Waals surface area contributed by atoms with Crippen LogP contribution < -0.4 is 5.73 Å². The molecule has 0 saturated carbocycles. The molecule has 1 aromatic heterocycles. The lowest BCUT2D eigenvalue weighted by Crippen LogP contribution is -1.99. The maximum absolute atomic E-state index is 9.26. The third-order valence-electron chi connectivity index (χ3n) is 2.09. The summed E-state index contributed by atoms with van der Waals surface area (Å²) in [6, 6.07) is 6.93. The third kappa shape index (κ3) is 1.31. The van der Waals surface area contributed by atoms with Crippen LogP contribution in [-0.4, -0.2) is 14.9 Å². The topological polar surface area (TPSA) is 64.1 Å². The summed E-state index contributed by atoms with van der Waals surface area (Å²) >= 11 is 0. The Balaban J connectivity index is 2.53. The summed E-state index contributed by atoms with van der Waals surface area (Å²) in [6.45, 7) is 1.95. The van der Waals surface area contributed by atoms with Crippen LogP contribution in [0.2, 0.25) is 0 Å². The van der Waals surface area contributed by atoms with Gasteiger partial charge in [0.15, 0.2) is 0 Å². The average Bonchev–Trinajstić information content (AvgIpc) is 2.57. The molecule has 0 atom stereocenters. The summed E-state index contributed by atoms with van der Waals surface area (Å²) in [4.78, 5) is 0. The van der Waals surface area contributed by atoms with E-state index in [1.807, 2.05) is 13.0 Å². The minimum absolute atomic E-state index is 0.0959. The molecule has 14 heavy (non-hydrogen) atoms. The number of nitrogens with two attached hydrogens (primary N) is 1. The van der Waals surface area contributed by atoms with Gasteiger partial charge in [0.1, 0.15) is 5.75 Å². The maximum Gasteiger partial charge on any atom is 0.138 e. The number of nitrogens with zero attached hydrogens (tertiary/aromatic N) is 2. The van der Waals surface area contributed by atoms with Gasteiger partial charge in [0.2, 0.25) is 0 Å². The monoisotopic (exact) mass is 189 g/mol. The number of aromatic nitrogens is 2. The normalized spacial score (nSPS) is 10.4. The zero-order chi connectivity index (χ0) is 10.1. The highest BCUT2D eigenvalue weighted by Gasteiger charge is 2.03. The van der Waals surface area contributed by atoms with Gasteiger partial charge >= 0.3 is 0 Å². The molecule has 0 bridgehead atoms. The number of phenols is 1. The van der Waals surface area contributed by atoms with Crippen molar-refractivity contribution in [1.29, 1.82) is 0 Å². The fourth-order valence-electron chi connectivity index (χ4n) is 1.31. The number of rotatable bonds is 1. The predicted molar refractivity (Wildman–Crippen MR) is 54.4 cm³/mol. The van der Waals surface area contributed by atoms with Gasteiger partial charge in [-0.2, -0.15) is 5.10 Å². The molecular formula is C10H11N3O. The highest BCUT2D eigenvalue weighted by molar-refractivity contribution is 5.57. The van der Waals surface area contributed by atoms with Crippen molar-refractivity contribution in [2.45, 2.75) is 6.92 Å². The van der Waals surface area contributed by atoms with Gasteiger partial charge in [0, 0.05) is 11.9 Å². The zero-order valence-electron chi connectivity index (χ0n) is 7.81. The Labute approximate surface area is 81.6 Å². The Morgan fingerprint density at radius 1 is 1.36 bits per heavy atom. The minimum atomic E-state index is 0.0959. The molecule has 2 rings (SSSR count). The van der Waals surface area contributed by atoms with Gasteiger partial charge in [-0.15, -0.1) is 0 Å². The smallest absolute Gasteiger partial charge is 0.138 e. The van der Waals surface area contributed by atoms with Crippen molar-refractivity contribution < 1.29 is 5.11 Å². The first-order valence-electron chi connectivity index (χ1n) is 4.28. The molecule has 0 spiro atoms. The van der Waals surface area contributed by atoms with Crippen LogP contribution in [0.3, 0.4) is 0 Å². The first kappa shape index (κ1) is 8.62. The quantitative estimate of drug-likeness (QED) is 0.527. The van der Waals surface area contributed by atoms with Gasteiger partial charge in [-0.25, -0.2) is 4.68 Å². The van der Waals surface area contributed by atoms with Gasteiger partial charge in [0.25, 0.3) is 0 Å². The van der Waals surface area contributed by atoms with Crippen LogP contribution in [0.1, 0.15) is 5.69 Å². The van der Waals surface area contributed by atoms with Gasteiger partial charge in [-0.1, -0.05) is 0 Å². The maximum atomic E-state index is 9.26. The Kier molecular flexibility index (Phi) is 1.89. The summed E-state index contributed by atoms with van der Waals surface area (Å²) in [7, 11) is 0. The second kappa shape index (κ2) is 3.06. The summed E-state index contributed by atoms with van der Waals surface area (Å²) < 4.78 is 1.76. The fourth-order valence-corrected chi connectivity index (χ4v) is 1.31. The molecule has 0 unspecified atom stereocenters. The summed E-state index contributed by atoms with van der Waals surface area (Å²) in [5, 5.41) is 13.4. The van der Waals surface area contributed by atoms with Crippen molar-refractivity contribution in [1.82, 2.24) is 9.78 Å². The van der Waals surface area contributed by atoms with Crippen LogP contribution in [0.4, 0.5) is 5.69 Å². The first-order valence-corrected chi connectivity index (χ1v) is 4.28. The number of hydrogen-bond donors (Lipinski definition) is 2. The van der Waals surface area contributed by atoms with E-state index in [0.717, 1.165) is 11.4 Å². The first-order chi connectivity index (χ1) is 6.68. The Morgan fingerprint density at radius 2 is 2.14 bits per heavy atom. The van der Waals surface area contributed by atoms with Crippen molar-refractivity contribution in [3.8, 4) is 11.4 Å². The zero-order valence-corrected chi connectivity index (χ0v) is 7.81. The van der Waals surface area contributed by atoms with Crippen molar-refractivity contribution in [3.63, 3.8) is 0 Å². The lowest BCUT2D eigenvalue weighted by Gasteiger charge is -2.05. The summed E-state index contributed by atoms with van der Waals surface area (Å²) in [6.07, 6.45) is 1.72. The lowest BCUT2D eigenvalue weighted by atomic mass is 10.2. The van der Waals surface area contributed by atoms with E-state index < -0.39 is 0 Å². The lowest BCUT2D eigenvalue weighted by molar-refractivity contribution is 0.478. The molecule has 0 radical (unpaired) electrons. The van der Waals surface area contributed by atoms with Gasteiger partial charge in [0.05, 0.1) is 11.4 Å². The molecule has 2 aromatic rings. The van der Waals surface area contributed by atoms with Crippen LogP contribution in [-0.2, 0) is 0 Å². The number of phenolic OH excluding ortho intramolecular Hbond substituents is 1. The third-order valence-corrected chi connectivity index (χ3v) is 2.09. The van der Waals surface area contributed by atoms with Gasteiger partial charge in [-0.3, -0.25) is 0 Å². The number of benzene rings is 1. The van der Waals surface area contributed by atoms with Crippen molar-refractivity contribution in [2.75, 3.05) is 5.73 Å². The largest absolute Gasteiger partial charge is 0.506 e. The van der Waals surface area contributed by atoms with E-state index in [4.69, 9.17) is 5.73 Å². The molecule has 0 fully saturated rings. The van der Waals surface area contributed by atoms with Crippen molar-refractivity contribution in [3.05, 3.63) is 36.2 Å². The molecule has 3 N–H and O–H groups in total. The molecule has 0 aliphatic heterocycles. The molecule has 0 amide bonds. The summed E-state index contributed by atoms with van der Waals surface area (Å²) in [5.41, 5.74) is 7.82. The van der Waals surface area contributed by atoms with Gasteiger partial charge in [-0.05, 0) is 31.2 Å². The number of aromatic hydroxyl groups is 1.